The van der Waals surface area contributed by atoms with E-state index < -0.39 is 0 Å². The van der Waals surface area contributed by atoms with E-state index in [0.717, 1.165) is 25.7 Å². The fourth-order valence-electron chi connectivity index (χ4n) is 3.38. The van der Waals surface area contributed by atoms with Gasteiger partial charge >= 0.3 is 0 Å². The predicted molar refractivity (Wildman–Crippen MR) is 83.2 cm³/mol. The molecule has 1 saturated carbocycles. The van der Waals surface area contributed by atoms with E-state index in [0.29, 0.717) is 17.6 Å². The van der Waals surface area contributed by atoms with Crippen LogP contribution in [0.5, 0.6) is 0 Å². The number of hydrogen-bond acceptors (Lipinski definition) is 1. The number of rotatable bonds is 2. The smallest absolute Gasteiger partial charge is 0.132 e. The molecule has 3 rings (SSSR count). The minimum atomic E-state index is 0.435. The summed E-state index contributed by atoms with van der Waals surface area (Å²) in [4.78, 5) is 11.4. The highest BCUT2D eigenvalue weighted by Crippen LogP contribution is 2.37. The molecular formula is C18H23NO. The van der Waals surface area contributed by atoms with E-state index in [2.05, 4.69) is 49.9 Å². The Kier molecular flexibility index (Phi) is 3.41. The molecule has 0 N–H and O–H groups in total. The number of hydrogen-bond donors (Lipinski definition) is 0. The zero-order valence-electron chi connectivity index (χ0n) is 12.6. The fourth-order valence-corrected chi connectivity index (χ4v) is 3.38. The molecule has 20 heavy (non-hydrogen) atoms. The summed E-state index contributed by atoms with van der Waals surface area (Å²) >= 11 is 0. The molecule has 0 amide bonds. The second-order valence-electron chi connectivity index (χ2n) is 6.44. The van der Waals surface area contributed by atoms with E-state index in [9.17, 15) is 4.79 Å². The summed E-state index contributed by atoms with van der Waals surface area (Å²) in [6.45, 7) is 4.48. The second kappa shape index (κ2) is 5.08. The van der Waals surface area contributed by atoms with Crippen LogP contribution < -0.4 is 0 Å². The number of fused-ring (bicyclic) bond motifs is 1. The van der Waals surface area contributed by atoms with Crippen molar-refractivity contribution >= 4 is 16.7 Å². The number of benzene rings is 1. The maximum atomic E-state index is 11.4. The van der Waals surface area contributed by atoms with Crippen molar-refractivity contribution in [3.05, 3.63) is 35.5 Å². The first-order chi connectivity index (χ1) is 9.56. The Morgan fingerprint density at radius 1 is 1.20 bits per heavy atom. The van der Waals surface area contributed by atoms with Crippen LogP contribution in [0.25, 0.3) is 10.9 Å². The van der Waals surface area contributed by atoms with Gasteiger partial charge in [0.25, 0.3) is 0 Å². The van der Waals surface area contributed by atoms with Crippen molar-refractivity contribution in [1.29, 1.82) is 0 Å². The summed E-state index contributed by atoms with van der Waals surface area (Å²) in [7, 11) is 2.12. The molecule has 0 bridgehead atoms. The summed E-state index contributed by atoms with van der Waals surface area (Å²) in [5, 5.41) is 1.39. The van der Waals surface area contributed by atoms with Crippen LogP contribution in [0.2, 0.25) is 0 Å². The predicted octanol–water partition coefficient (Wildman–Crippen LogP) is 4.53. The lowest BCUT2D eigenvalue weighted by molar-refractivity contribution is -0.120. The molecule has 1 aliphatic rings. The number of nitrogens with zero attached hydrogens (tertiary/aromatic N) is 1. The van der Waals surface area contributed by atoms with E-state index in [1.165, 1.54) is 22.0 Å². The molecule has 1 heterocycles. The van der Waals surface area contributed by atoms with Crippen LogP contribution in [0.1, 0.15) is 62.5 Å². The molecule has 106 valence electrons. The third-order valence-corrected chi connectivity index (χ3v) is 4.69. The van der Waals surface area contributed by atoms with Gasteiger partial charge in [0, 0.05) is 37.0 Å². The van der Waals surface area contributed by atoms with Crippen LogP contribution >= 0.6 is 0 Å². The van der Waals surface area contributed by atoms with Gasteiger partial charge < -0.3 is 4.57 Å². The van der Waals surface area contributed by atoms with Gasteiger partial charge in [0.1, 0.15) is 5.78 Å². The molecule has 2 nitrogen and oxygen atoms in total. The topological polar surface area (TPSA) is 22.0 Å². The van der Waals surface area contributed by atoms with Gasteiger partial charge in [0.15, 0.2) is 0 Å². The van der Waals surface area contributed by atoms with Crippen molar-refractivity contribution in [2.75, 3.05) is 0 Å². The average molecular weight is 269 g/mol. The molecular weight excluding hydrogens is 246 g/mol. The maximum absolute atomic E-state index is 11.4. The highest BCUT2D eigenvalue weighted by molar-refractivity contribution is 5.86. The Morgan fingerprint density at radius 3 is 2.55 bits per heavy atom. The number of ketones is 1. The standard InChI is InChI=1S/C18H23NO/c1-12(2)14-6-9-18-16(10-14)17(11-19(18)3)13-4-7-15(20)8-5-13/h6,9-13H,4-5,7-8H2,1-3H3. The molecule has 1 aliphatic carbocycles. The molecule has 0 unspecified atom stereocenters. The van der Waals surface area contributed by atoms with Gasteiger partial charge in [-0.1, -0.05) is 19.9 Å². The molecule has 2 heteroatoms. The van der Waals surface area contributed by atoms with Crippen LogP contribution in [-0.4, -0.2) is 10.4 Å². The highest BCUT2D eigenvalue weighted by atomic mass is 16.1. The third kappa shape index (κ3) is 2.28. The quantitative estimate of drug-likeness (QED) is 0.785. The highest BCUT2D eigenvalue weighted by Gasteiger charge is 2.23. The van der Waals surface area contributed by atoms with Gasteiger partial charge in [-0.15, -0.1) is 0 Å². The number of carbonyl (C=O) groups is 1. The second-order valence-corrected chi connectivity index (χ2v) is 6.44. The SMILES string of the molecule is CC(C)c1ccc2c(c1)c(C1CCC(=O)CC1)cn2C. The zero-order valence-corrected chi connectivity index (χ0v) is 12.6. The number of carbonyl (C=O) groups excluding carboxylic acids is 1. The van der Waals surface area contributed by atoms with Crippen LogP contribution in [0, 0.1) is 0 Å². The van der Waals surface area contributed by atoms with Crippen molar-refractivity contribution in [2.24, 2.45) is 7.05 Å². The molecule has 1 aromatic carbocycles. The van der Waals surface area contributed by atoms with E-state index in [1.54, 1.807) is 0 Å². The van der Waals surface area contributed by atoms with Gasteiger partial charge in [-0.3, -0.25) is 4.79 Å². The Labute approximate surface area is 120 Å². The van der Waals surface area contributed by atoms with E-state index in [-0.39, 0.29) is 0 Å². The fraction of sp³-hybridized carbons (Fsp3) is 0.500. The lowest BCUT2D eigenvalue weighted by Gasteiger charge is -2.20. The van der Waals surface area contributed by atoms with Crippen LogP contribution in [0.3, 0.4) is 0 Å². The number of Topliss-reactive ketones (excluding diaryl/α,β-unsaturated/α-hetero) is 1. The molecule has 0 radical (unpaired) electrons. The monoisotopic (exact) mass is 269 g/mol. The first-order valence-corrected chi connectivity index (χ1v) is 7.67. The minimum Gasteiger partial charge on any atom is -0.350 e. The summed E-state index contributed by atoms with van der Waals surface area (Å²) in [5.74, 6) is 1.54. The summed E-state index contributed by atoms with van der Waals surface area (Å²) < 4.78 is 2.23. The molecule has 0 aliphatic heterocycles. The maximum Gasteiger partial charge on any atom is 0.132 e. The van der Waals surface area contributed by atoms with Gasteiger partial charge in [-0.25, -0.2) is 0 Å². The van der Waals surface area contributed by atoms with Crippen molar-refractivity contribution < 1.29 is 4.79 Å². The van der Waals surface area contributed by atoms with Crippen LogP contribution in [0.15, 0.2) is 24.4 Å². The average Bonchev–Trinajstić information content (AvgIpc) is 2.76. The normalized spacial score (nSPS) is 17.3. The lowest BCUT2D eigenvalue weighted by Crippen LogP contribution is -2.12. The Morgan fingerprint density at radius 2 is 1.90 bits per heavy atom. The Balaban J connectivity index is 2.05. The lowest BCUT2D eigenvalue weighted by atomic mass is 9.83. The molecule has 2 aromatic rings. The van der Waals surface area contributed by atoms with Crippen molar-refractivity contribution in [2.45, 2.75) is 51.4 Å². The summed E-state index contributed by atoms with van der Waals surface area (Å²) in [6.07, 6.45) is 5.82. The molecule has 1 fully saturated rings. The third-order valence-electron chi connectivity index (χ3n) is 4.69. The number of aryl methyl sites for hydroxylation is 1. The zero-order chi connectivity index (χ0) is 14.3. The first kappa shape index (κ1) is 13.4. The van der Waals surface area contributed by atoms with Crippen LogP contribution in [-0.2, 0) is 11.8 Å². The minimum absolute atomic E-state index is 0.435. The summed E-state index contributed by atoms with van der Waals surface area (Å²) in [6, 6.07) is 6.83. The summed E-state index contributed by atoms with van der Waals surface area (Å²) in [5.41, 5.74) is 4.15. The number of aromatic nitrogens is 1. The Bertz CT molecular complexity index is 641. The van der Waals surface area contributed by atoms with E-state index in [1.807, 2.05) is 0 Å². The van der Waals surface area contributed by atoms with E-state index in [4.69, 9.17) is 0 Å². The van der Waals surface area contributed by atoms with Crippen molar-refractivity contribution in [1.82, 2.24) is 4.57 Å². The van der Waals surface area contributed by atoms with Gasteiger partial charge in [-0.2, -0.15) is 0 Å². The molecule has 0 spiro atoms. The van der Waals surface area contributed by atoms with Crippen molar-refractivity contribution in [3.63, 3.8) is 0 Å². The van der Waals surface area contributed by atoms with Gasteiger partial charge in [0.2, 0.25) is 0 Å². The molecule has 1 aromatic heterocycles. The largest absolute Gasteiger partial charge is 0.350 e. The van der Waals surface area contributed by atoms with Crippen LogP contribution in [0.4, 0.5) is 0 Å². The first-order valence-electron chi connectivity index (χ1n) is 7.67. The Hall–Kier alpha value is -1.57. The van der Waals surface area contributed by atoms with Gasteiger partial charge in [-0.05, 0) is 47.9 Å². The molecule has 0 atom stereocenters. The van der Waals surface area contributed by atoms with Crippen molar-refractivity contribution in [3.8, 4) is 0 Å². The van der Waals surface area contributed by atoms with E-state index >= 15 is 0 Å². The van der Waals surface area contributed by atoms with Gasteiger partial charge in [0.05, 0.1) is 0 Å². The molecule has 0 saturated heterocycles.